The van der Waals surface area contributed by atoms with Crippen LogP contribution in [-0.4, -0.2) is 34.8 Å². The van der Waals surface area contributed by atoms with Crippen LogP contribution in [0.15, 0.2) is 91.4 Å². The van der Waals surface area contributed by atoms with Crippen LogP contribution in [0.4, 0.5) is 5.82 Å². The molecule has 3 N–H and O–H groups in total. The van der Waals surface area contributed by atoms with Crippen molar-refractivity contribution in [2.75, 3.05) is 5.73 Å². The topological polar surface area (TPSA) is 116 Å². The first-order chi connectivity index (χ1) is 19.7. The Labute approximate surface area is 242 Å². The summed E-state index contributed by atoms with van der Waals surface area (Å²) in [5, 5.41) is 16.3. The van der Waals surface area contributed by atoms with Gasteiger partial charge < -0.3 is 10.8 Å². The highest BCUT2D eigenvalue weighted by molar-refractivity contribution is 6.35. The van der Waals surface area contributed by atoms with Gasteiger partial charge in [-0.25, -0.2) is 9.97 Å². The molecule has 4 aromatic heterocycles. The molecule has 204 valence electrons. The molecule has 0 bridgehead atoms. The van der Waals surface area contributed by atoms with Gasteiger partial charge in [-0.3, -0.25) is 14.6 Å². The molecule has 8 nitrogen and oxygen atoms in total. The minimum absolute atomic E-state index is 0.355. The Morgan fingerprint density at radius 1 is 0.902 bits per heavy atom. The summed E-state index contributed by atoms with van der Waals surface area (Å²) in [4.78, 5) is 18.9. The number of hydrogen-bond acceptors (Lipinski definition) is 7. The molecule has 0 unspecified atom stereocenters. The third kappa shape index (κ3) is 5.66. The van der Waals surface area contributed by atoms with Gasteiger partial charge in [0.1, 0.15) is 11.4 Å². The fraction of sp³-hybridized carbons (Fsp3) is 0.156. The second-order valence-electron chi connectivity index (χ2n) is 10.4. The smallest absolute Gasteiger partial charge is 0.146 e. The number of anilines is 1. The van der Waals surface area contributed by atoms with Crippen molar-refractivity contribution in [3.05, 3.63) is 119 Å². The van der Waals surface area contributed by atoms with Crippen molar-refractivity contribution < 1.29 is 5.11 Å². The van der Waals surface area contributed by atoms with Gasteiger partial charge in [0.05, 0.1) is 51.8 Å². The molecule has 2 aromatic carbocycles. The number of nitrogens with zero attached hydrogens (tertiary/aromatic N) is 6. The number of hydrogen-bond donors (Lipinski definition) is 2. The maximum atomic E-state index is 10.3. The van der Waals surface area contributed by atoms with Gasteiger partial charge >= 0.3 is 0 Å². The Hall–Kier alpha value is -4.66. The van der Waals surface area contributed by atoms with E-state index in [0.29, 0.717) is 46.6 Å². The van der Waals surface area contributed by atoms with E-state index in [-0.39, 0.29) is 0 Å². The molecule has 0 spiro atoms. The lowest BCUT2D eigenvalue weighted by Crippen LogP contribution is -2.18. The van der Waals surface area contributed by atoms with Crippen LogP contribution in [0.3, 0.4) is 0 Å². The summed E-state index contributed by atoms with van der Waals surface area (Å²) in [5.74, 6) is 0.355. The fourth-order valence-electron chi connectivity index (χ4n) is 4.75. The molecule has 4 heterocycles. The second kappa shape index (κ2) is 10.7. The van der Waals surface area contributed by atoms with Crippen LogP contribution < -0.4 is 5.73 Å². The van der Waals surface area contributed by atoms with Crippen LogP contribution in [0.1, 0.15) is 36.5 Å². The lowest BCUT2D eigenvalue weighted by atomic mass is 10.0. The Bertz CT molecular complexity index is 1860. The van der Waals surface area contributed by atoms with Gasteiger partial charge in [0.25, 0.3) is 0 Å². The van der Waals surface area contributed by atoms with Crippen molar-refractivity contribution in [1.82, 2.24) is 29.7 Å². The summed E-state index contributed by atoms with van der Waals surface area (Å²) < 4.78 is 1.81. The largest absolute Gasteiger partial charge is 0.384 e. The molecule has 0 saturated heterocycles. The van der Waals surface area contributed by atoms with Crippen LogP contribution in [-0.2, 0) is 18.6 Å². The molecule has 41 heavy (non-hydrogen) atoms. The number of nitrogens with two attached hydrogens (primary N) is 1. The zero-order valence-electron chi connectivity index (χ0n) is 22.7. The lowest BCUT2D eigenvalue weighted by Gasteiger charge is -2.17. The number of fused-ring (bicyclic) bond motifs is 1. The fourth-order valence-corrected chi connectivity index (χ4v) is 5.02. The summed E-state index contributed by atoms with van der Waals surface area (Å²) in [6, 6.07) is 23.2. The van der Waals surface area contributed by atoms with Crippen LogP contribution in [0.2, 0.25) is 5.02 Å². The number of benzene rings is 2. The molecule has 0 fully saturated rings. The monoisotopic (exact) mass is 561 g/mol. The Morgan fingerprint density at radius 3 is 2.51 bits per heavy atom. The van der Waals surface area contributed by atoms with E-state index in [1.807, 2.05) is 83.7 Å². The Morgan fingerprint density at radius 2 is 1.71 bits per heavy atom. The average molecular weight is 562 g/mol. The van der Waals surface area contributed by atoms with Gasteiger partial charge in [-0.05, 0) is 49.7 Å². The van der Waals surface area contributed by atoms with E-state index in [2.05, 4.69) is 15.1 Å². The van der Waals surface area contributed by atoms with Crippen molar-refractivity contribution >= 4 is 28.3 Å². The van der Waals surface area contributed by atoms with Crippen molar-refractivity contribution in [3.63, 3.8) is 0 Å². The molecule has 0 saturated carbocycles. The molecule has 0 atom stereocenters. The SMILES string of the molecule is CC(C)(O)c1cccc(Cn2cc(Cc3nc(-c4cc(Cl)c5ncccc5c4)c(-c4ccccc4)nc3N)cn2)n1. The van der Waals surface area contributed by atoms with E-state index < -0.39 is 5.60 Å². The highest BCUT2D eigenvalue weighted by Crippen LogP contribution is 2.35. The highest BCUT2D eigenvalue weighted by atomic mass is 35.5. The molecule has 0 aliphatic rings. The van der Waals surface area contributed by atoms with E-state index in [0.717, 1.165) is 33.3 Å². The summed E-state index contributed by atoms with van der Waals surface area (Å²) in [6.45, 7) is 3.90. The van der Waals surface area contributed by atoms with Crippen LogP contribution in [0.5, 0.6) is 0 Å². The number of rotatable bonds is 7. The minimum Gasteiger partial charge on any atom is -0.384 e. The van der Waals surface area contributed by atoms with Crippen LogP contribution >= 0.6 is 11.6 Å². The van der Waals surface area contributed by atoms with E-state index >= 15 is 0 Å². The second-order valence-corrected chi connectivity index (χ2v) is 10.9. The molecule has 9 heteroatoms. The average Bonchev–Trinajstić information content (AvgIpc) is 3.40. The number of aliphatic hydroxyl groups is 1. The van der Waals surface area contributed by atoms with Gasteiger partial charge in [0.2, 0.25) is 0 Å². The van der Waals surface area contributed by atoms with Gasteiger partial charge in [-0.15, -0.1) is 0 Å². The molecule has 6 aromatic rings. The summed E-state index contributed by atoms with van der Waals surface area (Å²) >= 11 is 6.65. The maximum absolute atomic E-state index is 10.3. The highest BCUT2D eigenvalue weighted by Gasteiger charge is 2.19. The quantitative estimate of drug-likeness (QED) is 0.243. The normalized spacial score (nSPS) is 11.7. The molecular formula is C32H28ClN7O. The van der Waals surface area contributed by atoms with Crippen molar-refractivity contribution in [1.29, 1.82) is 0 Å². The number of pyridine rings is 2. The molecule has 0 aliphatic carbocycles. The Balaban J connectivity index is 1.36. The summed E-state index contributed by atoms with van der Waals surface area (Å²) in [5.41, 5.74) is 12.3. The third-order valence-electron chi connectivity index (χ3n) is 6.79. The van der Waals surface area contributed by atoms with E-state index in [1.165, 1.54) is 0 Å². The van der Waals surface area contributed by atoms with E-state index in [4.69, 9.17) is 27.3 Å². The van der Waals surface area contributed by atoms with Crippen molar-refractivity contribution in [3.8, 4) is 22.5 Å². The lowest BCUT2D eigenvalue weighted by molar-refractivity contribution is 0.0736. The first-order valence-electron chi connectivity index (χ1n) is 13.2. The first kappa shape index (κ1) is 26.6. The van der Waals surface area contributed by atoms with E-state index in [9.17, 15) is 5.11 Å². The van der Waals surface area contributed by atoms with Gasteiger partial charge in [-0.2, -0.15) is 5.10 Å². The molecule has 0 aliphatic heterocycles. The molecule has 0 amide bonds. The summed E-state index contributed by atoms with van der Waals surface area (Å²) in [7, 11) is 0. The number of nitrogen functional groups attached to an aromatic ring is 1. The van der Waals surface area contributed by atoms with Crippen LogP contribution in [0, 0.1) is 0 Å². The third-order valence-corrected chi connectivity index (χ3v) is 7.08. The van der Waals surface area contributed by atoms with Crippen molar-refractivity contribution in [2.24, 2.45) is 0 Å². The summed E-state index contributed by atoms with van der Waals surface area (Å²) in [6.07, 6.45) is 5.92. The van der Waals surface area contributed by atoms with Gasteiger partial charge in [-0.1, -0.05) is 54.1 Å². The maximum Gasteiger partial charge on any atom is 0.146 e. The standard InChI is InChI=1S/C32H28ClN7O/c1-32(2,41)27-12-6-11-24(37-27)19-40-18-20(17-36-40)14-26-31(34)39-29(21-8-4-3-5-9-21)30(38-26)23-15-22-10-7-13-35-28(22)25(33)16-23/h3-13,15-18,41H,14,19H2,1-2H3,(H2,34,39). The van der Waals surface area contributed by atoms with Gasteiger partial charge in [0, 0.05) is 35.3 Å². The van der Waals surface area contributed by atoms with Gasteiger partial charge in [0.15, 0.2) is 0 Å². The zero-order chi connectivity index (χ0) is 28.6. The zero-order valence-corrected chi connectivity index (χ0v) is 23.4. The van der Waals surface area contributed by atoms with E-state index in [1.54, 1.807) is 26.2 Å². The van der Waals surface area contributed by atoms with Crippen LogP contribution in [0.25, 0.3) is 33.4 Å². The minimum atomic E-state index is -1.02. The Kier molecular flexibility index (Phi) is 6.95. The first-order valence-corrected chi connectivity index (χ1v) is 13.6. The molecule has 6 rings (SSSR count). The molecular weight excluding hydrogens is 534 g/mol. The number of halogens is 1. The van der Waals surface area contributed by atoms with Crippen molar-refractivity contribution in [2.45, 2.75) is 32.4 Å². The number of aromatic nitrogens is 6. The predicted octanol–water partition coefficient (Wildman–Crippen LogP) is 6.05. The molecule has 0 radical (unpaired) electrons. The predicted molar refractivity (Wildman–Crippen MR) is 161 cm³/mol.